The van der Waals surface area contributed by atoms with E-state index in [1.807, 2.05) is 29.2 Å². The summed E-state index contributed by atoms with van der Waals surface area (Å²) in [5.41, 5.74) is 1.52. The van der Waals surface area contributed by atoms with Gasteiger partial charge in [0.2, 0.25) is 0 Å². The number of carbonyl (C=O) groups excluding carboxylic acids is 2. The molecular weight excluding hydrogens is 394 g/mol. The number of ketones is 1. The Kier molecular flexibility index (Phi) is 6.23. The lowest BCUT2D eigenvalue weighted by atomic mass is 10.1. The van der Waals surface area contributed by atoms with E-state index < -0.39 is 0 Å². The van der Waals surface area contributed by atoms with Gasteiger partial charge in [-0.3, -0.25) is 9.59 Å². The molecule has 0 N–H and O–H groups in total. The molecule has 1 aliphatic rings. The van der Waals surface area contributed by atoms with Crippen LogP contribution in [0.5, 0.6) is 5.75 Å². The first-order valence-corrected chi connectivity index (χ1v) is 9.40. The molecule has 0 radical (unpaired) electrons. The smallest absolute Gasteiger partial charge is 0.260 e. The Morgan fingerprint density at radius 3 is 2.42 bits per heavy atom. The largest absolute Gasteiger partial charge is 0.484 e. The topological polar surface area (TPSA) is 46.6 Å². The van der Waals surface area contributed by atoms with Gasteiger partial charge < -0.3 is 9.64 Å². The highest BCUT2D eigenvalue weighted by Gasteiger charge is 2.18. The van der Waals surface area contributed by atoms with Crippen LogP contribution in [0.25, 0.3) is 6.08 Å². The van der Waals surface area contributed by atoms with Crippen LogP contribution in [-0.2, 0) is 4.79 Å². The van der Waals surface area contributed by atoms with E-state index in [2.05, 4.69) is 15.9 Å². The van der Waals surface area contributed by atoms with Crippen molar-refractivity contribution in [2.24, 2.45) is 0 Å². The van der Waals surface area contributed by atoms with Gasteiger partial charge in [0.15, 0.2) is 12.4 Å². The number of allylic oxidation sites excluding steroid dienone is 1. The van der Waals surface area contributed by atoms with E-state index in [-0.39, 0.29) is 18.3 Å². The second-order valence-corrected chi connectivity index (χ2v) is 6.97. The van der Waals surface area contributed by atoms with Crippen LogP contribution in [0.4, 0.5) is 0 Å². The van der Waals surface area contributed by atoms with Crippen LogP contribution in [0.2, 0.25) is 0 Å². The zero-order valence-electron chi connectivity index (χ0n) is 14.4. The molecule has 3 rings (SSSR count). The summed E-state index contributed by atoms with van der Waals surface area (Å²) >= 11 is 3.46. The average molecular weight is 414 g/mol. The van der Waals surface area contributed by atoms with Crippen molar-refractivity contribution in [2.45, 2.75) is 12.8 Å². The van der Waals surface area contributed by atoms with Crippen LogP contribution in [0, 0.1) is 0 Å². The third-order valence-electron chi connectivity index (χ3n) is 4.28. The SMILES string of the molecule is O=C(/C=C/c1ccccc1Br)c1ccc(OCC(=O)N2CCCC2)cc1. The van der Waals surface area contributed by atoms with Crippen molar-refractivity contribution in [1.82, 2.24) is 4.90 Å². The molecule has 0 bridgehead atoms. The van der Waals surface area contributed by atoms with E-state index >= 15 is 0 Å². The Balaban J connectivity index is 1.55. The van der Waals surface area contributed by atoms with Gasteiger partial charge in [-0.05, 0) is 60.9 Å². The van der Waals surface area contributed by atoms with Crippen LogP contribution in [-0.4, -0.2) is 36.3 Å². The summed E-state index contributed by atoms with van der Waals surface area (Å²) in [6.45, 7) is 1.67. The van der Waals surface area contributed by atoms with E-state index in [9.17, 15) is 9.59 Å². The minimum Gasteiger partial charge on any atom is -0.484 e. The molecule has 0 spiro atoms. The van der Waals surface area contributed by atoms with E-state index in [1.54, 1.807) is 36.4 Å². The van der Waals surface area contributed by atoms with Gasteiger partial charge in [-0.25, -0.2) is 0 Å². The fourth-order valence-corrected chi connectivity index (χ4v) is 3.21. The maximum Gasteiger partial charge on any atom is 0.260 e. The maximum absolute atomic E-state index is 12.3. The summed E-state index contributed by atoms with van der Waals surface area (Å²) in [6, 6.07) is 14.6. The molecule has 4 nitrogen and oxygen atoms in total. The van der Waals surface area contributed by atoms with Crippen molar-refractivity contribution < 1.29 is 14.3 Å². The van der Waals surface area contributed by atoms with Crippen LogP contribution in [0.1, 0.15) is 28.8 Å². The second kappa shape index (κ2) is 8.81. The van der Waals surface area contributed by atoms with Crippen molar-refractivity contribution >= 4 is 33.7 Å². The summed E-state index contributed by atoms with van der Waals surface area (Å²) in [7, 11) is 0. The maximum atomic E-state index is 12.3. The van der Waals surface area contributed by atoms with E-state index in [4.69, 9.17) is 4.74 Å². The molecule has 134 valence electrons. The summed E-state index contributed by atoms with van der Waals surface area (Å²) in [6.07, 6.45) is 5.46. The zero-order chi connectivity index (χ0) is 18.4. The lowest BCUT2D eigenvalue weighted by Gasteiger charge is -2.15. The third kappa shape index (κ3) is 4.82. The van der Waals surface area contributed by atoms with Crippen molar-refractivity contribution in [3.05, 3.63) is 70.2 Å². The number of hydrogen-bond acceptors (Lipinski definition) is 3. The van der Waals surface area contributed by atoms with Gasteiger partial charge >= 0.3 is 0 Å². The summed E-state index contributed by atoms with van der Waals surface area (Å²) in [5.74, 6) is 0.517. The number of likely N-dealkylation sites (tertiary alicyclic amines) is 1. The van der Waals surface area contributed by atoms with Crippen LogP contribution >= 0.6 is 15.9 Å². The Morgan fingerprint density at radius 1 is 1.04 bits per heavy atom. The predicted octanol–water partition coefficient (Wildman–Crippen LogP) is 4.35. The zero-order valence-corrected chi connectivity index (χ0v) is 15.9. The Morgan fingerprint density at radius 2 is 1.73 bits per heavy atom. The fraction of sp³-hybridized carbons (Fsp3) is 0.238. The highest BCUT2D eigenvalue weighted by atomic mass is 79.9. The third-order valence-corrected chi connectivity index (χ3v) is 5.00. The predicted molar refractivity (Wildman–Crippen MR) is 105 cm³/mol. The lowest BCUT2D eigenvalue weighted by Crippen LogP contribution is -2.32. The van der Waals surface area contributed by atoms with Crippen molar-refractivity contribution in [1.29, 1.82) is 0 Å². The molecule has 0 aromatic heterocycles. The number of nitrogens with zero attached hydrogens (tertiary/aromatic N) is 1. The van der Waals surface area contributed by atoms with E-state index in [1.165, 1.54) is 0 Å². The summed E-state index contributed by atoms with van der Waals surface area (Å²) in [4.78, 5) is 26.1. The molecule has 1 saturated heterocycles. The first kappa shape index (κ1) is 18.4. The Labute approximate surface area is 161 Å². The van der Waals surface area contributed by atoms with Crippen LogP contribution in [0.3, 0.4) is 0 Å². The first-order chi connectivity index (χ1) is 12.6. The van der Waals surface area contributed by atoms with Gasteiger partial charge in [0.1, 0.15) is 5.75 Å². The quantitative estimate of drug-likeness (QED) is 0.522. The molecule has 1 amide bonds. The minimum absolute atomic E-state index is 0.0130. The molecule has 0 saturated carbocycles. The van der Waals surface area contributed by atoms with Crippen molar-refractivity contribution in [3.8, 4) is 5.75 Å². The molecule has 1 fully saturated rings. The highest BCUT2D eigenvalue weighted by molar-refractivity contribution is 9.10. The molecule has 1 heterocycles. The number of rotatable bonds is 6. The minimum atomic E-state index is -0.0829. The van der Waals surface area contributed by atoms with Crippen molar-refractivity contribution in [2.75, 3.05) is 19.7 Å². The first-order valence-electron chi connectivity index (χ1n) is 8.61. The molecule has 5 heteroatoms. The number of ether oxygens (including phenoxy) is 1. The molecule has 0 unspecified atom stereocenters. The molecule has 26 heavy (non-hydrogen) atoms. The molecule has 2 aromatic rings. The van der Waals surface area contributed by atoms with Gasteiger partial charge in [-0.15, -0.1) is 0 Å². The highest BCUT2D eigenvalue weighted by Crippen LogP contribution is 2.18. The van der Waals surface area contributed by atoms with Crippen LogP contribution < -0.4 is 4.74 Å². The summed E-state index contributed by atoms with van der Waals surface area (Å²) < 4.78 is 6.47. The van der Waals surface area contributed by atoms with E-state index in [0.717, 1.165) is 36.0 Å². The number of benzene rings is 2. The molecular formula is C21H20BrNO3. The standard InChI is InChI=1S/C21H20BrNO3/c22-19-6-2-1-5-16(19)9-12-20(24)17-7-10-18(11-8-17)26-15-21(25)23-13-3-4-14-23/h1-2,5-12H,3-4,13-15H2/b12-9+. The number of halogens is 1. The van der Waals surface area contributed by atoms with Gasteiger partial charge in [-0.2, -0.15) is 0 Å². The number of carbonyl (C=O) groups is 2. The van der Waals surface area contributed by atoms with E-state index in [0.29, 0.717) is 11.3 Å². The fourth-order valence-electron chi connectivity index (χ4n) is 2.79. The van der Waals surface area contributed by atoms with Gasteiger partial charge in [-0.1, -0.05) is 34.1 Å². The van der Waals surface area contributed by atoms with Gasteiger partial charge in [0.25, 0.3) is 5.91 Å². The van der Waals surface area contributed by atoms with Gasteiger partial charge in [0, 0.05) is 23.1 Å². The summed E-state index contributed by atoms with van der Waals surface area (Å²) in [5, 5.41) is 0. The number of amides is 1. The number of hydrogen-bond donors (Lipinski definition) is 0. The Bertz CT molecular complexity index is 808. The normalized spacial score (nSPS) is 14.0. The monoisotopic (exact) mass is 413 g/mol. The van der Waals surface area contributed by atoms with Crippen LogP contribution in [0.15, 0.2) is 59.1 Å². The molecule has 1 aliphatic heterocycles. The van der Waals surface area contributed by atoms with Gasteiger partial charge in [0.05, 0.1) is 0 Å². The molecule has 0 aliphatic carbocycles. The second-order valence-electron chi connectivity index (χ2n) is 6.12. The average Bonchev–Trinajstić information content (AvgIpc) is 3.20. The van der Waals surface area contributed by atoms with Crippen molar-refractivity contribution in [3.63, 3.8) is 0 Å². The Hall–Kier alpha value is -2.40. The lowest BCUT2D eigenvalue weighted by molar-refractivity contribution is -0.132. The molecule has 2 aromatic carbocycles. The molecule has 0 atom stereocenters.